The second-order valence-corrected chi connectivity index (χ2v) is 5.03. The Morgan fingerprint density at radius 1 is 1.12 bits per heavy atom. The number of ether oxygens (including phenoxy) is 1. The fourth-order valence-corrected chi connectivity index (χ4v) is 2.05. The molecule has 2 aromatic rings. The zero-order valence-corrected chi connectivity index (χ0v) is 12.7. The zero-order chi connectivity index (χ0) is 18.4. The van der Waals surface area contributed by atoms with E-state index in [0.717, 1.165) is 6.07 Å². The summed E-state index contributed by atoms with van der Waals surface area (Å²) in [6, 6.07) is 10.9. The van der Waals surface area contributed by atoms with E-state index < -0.39 is 17.2 Å². The first-order valence-electron chi connectivity index (χ1n) is 7.08. The van der Waals surface area contributed by atoms with Gasteiger partial charge in [-0.2, -0.15) is 0 Å². The molecule has 6 nitrogen and oxygen atoms in total. The minimum Gasteiger partial charge on any atom is -0.405 e. The smallest absolute Gasteiger partial charge is 0.405 e. The summed E-state index contributed by atoms with van der Waals surface area (Å²) in [7, 11) is 0. The highest BCUT2D eigenvalue weighted by atomic mass is 19.4. The largest absolute Gasteiger partial charge is 0.573 e. The number of alkyl halides is 3. The van der Waals surface area contributed by atoms with E-state index in [1.54, 1.807) is 0 Å². The quantitative estimate of drug-likeness (QED) is 0.637. The number of para-hydroxylation sites is 1. The maximum Gasteiger partial charge on any atom is 0.573 e. The number of nitro benzene ring substituents is 1. The van der Waals surface area contributed by atoms with Crippen LogP contribution in [0, 0.1) is 10.1 Å². The van der Waals surface area contributed by atoms with Crippen LogP contribution in [-0.4, -0.2) is 17.2 Å². The van der Waals surface area contributed by atoms with Gasteiger partial charge in [0.1, 0.15) is 5.75 Å². The molecule has 25 heavy (non-hydrogen) atoms. The van der Waals surface area contributed by atoms with E-state index in [9.17, 15) is 28.1 Å². The van der Waals surface area contributed by atoms with E-state index >= 15 is 0 Å². The molecule has 0 aliphatic carbocycles. The van der Waals surface area contributed by atoms with Gasteiger partial charge in [0.2, 0.25) is 5.91 Å². The minimum atomic E-state index is -4.82. The summed E-state index contributed by atoms with van der Waals surface area (Å²) in [4.78, 5) is 21.9. The second-order valence-electron chi connectivity index (χ2n) is 5.03. The number of rotatable bonds is 6. The highest BCUT2D eigenvalue weighted by molar-refractivity contribution is 5.78. The molecular weight excluding hydrogens is 341 g/mol. The van der Waals surface area contributed by atoms with Gasteiger partial charge in [-0.15, -0.1) is 13.2 Å². The predicted molar refractivity (Wildman–Crippen MR) is 81.8 cm³/mol. The topological polar surface area (TPSA) is 81.5 Å². The molecule has 0 atom stereocenters. The van der Waals surface area contributed by atoms with Gasteiger partial charge in [-0.1, -0.05) is 30.3 Å². The molecule has 0 heterocycles. The molecule has 0 aliphatic rings. The van der Waals surface area contributed by atoms with E-state index in [4.69, 9.17) is 0 Å². The maximum absolute atomic E-state index is 12.3. The van der Waals surface area contributed by atoms with Crippen LogP contribution in [0.3, 0.4) is 0 Å². The Morgan fingerprint density at radius 2 is 1.76 bits per heavy atom. The van der Waals surface area contributed by atoms with E-state index in [-0.39, 0.29) is 30.0 Å². The van der Waals surface area contributed by atoms with Crippen molar-refractivity contribution in [2.24, 2.45) is 0 Å². The number of hydrogen-bond donors (Lipinski definition) is 1. The average Bonchev–Trinajstić information content (AvgIpc) is 2.53. The molecule has 0 saturated carbocycles. The molecule has 1 amide bonds. The standard InChI is InChI=1S/C16H13F3N2O4/c17-16(18,19)25-14-4-2-1-3-12(14)10-20-15(22)9-11-5-7-13(8-6-11)21(23)24/h1-8H,9-10H2,(H,20,22). The Kier molecular flexibility index (Phi) is 5.58. The summed E-state index contributed by atoms with van der Waals surface area (Å²) in [5, 5.41) is 13.0. The van der Waals surface area contributed by atoms with E-state index in [2.05, 4.69) is 10.1 Å². The Morgan fingerprint density at radius 3 is 2.36 bits per heavy atom. The predicted octanol–water partition coefficient (Wildman–Crippen LogP) is 3.35. The van der Waals surface area contributed by atoms with Crippen molar-refractivity contribution in [2.75, 3.05) is 0 Å². The Balaban J connectivity index is 1.95. The average molecular weight is 354 g/mol. The SMILES string of the molecule is O=C(Cc1ccc([N+](=O)[O-])cc1)NCc1ccccc1OC(F)(F)F. The third-order valence-electron chi connectivity index (χ3n) is 3.19. The van der Waals surface area contributed by atoms with Crippen molar-refractivity contribution in [3.63, 3.8) is 0 Å². The molecule has 0 aromatic heterocycles. The van der Waals surface area contributed by atoms with Gasteiger partial charge in [0.25, 0.3) is 5.69 Å². The van der Waals surface area contributed by atoms with Crippen molar-refractivity contribution in [1.82, 2.24) is 5.32 Å². The number of carbonyl (C=O) groups is 1. The zero-order valence-electron chi connectivity index (χ0n) is 12.7. The van der Waals surface area contributed by atoms with Crippen LogP contribution < -0.4 is 10.1 Å². The van der Waals surface area contributed by atoms with Gasteiger partial charge in [-0.05, 0) is 11.6 Å². The first-order valence-corrected chi connectivity index (χ1v) is 7.08. The number of carbonyl (C=O) groups excluding carboxylic acids is 1. The van der Waals surface area contributed by atoms with E-state index in [0.29, 0.717) is 5.56 Å². The van der Waals surface area contributed by atoms with Gasteiger partial charge in [-0.25, -0.2) is 0 Å². The summed E-state index contributed by atoms with van der Waals surface area (Å²) < 4.78 is 40.9. The van der Waals surface area contributed by atoms with Gasteiger partial charge in [-0.3, -0.25) is 14.9 Å². The molecule has 0 spiro atoms. The summed E-state index contributed by atoms with van der Waals surface area (Å²) in [6.07, 6.45) is -4.88. The number of nitrogens with one attached hydrogen (secondary N) is 1. The van der Waals surface area contributed by atoms with Gasteiger partial charge >= 0.3 is 6.36 Å². The molecule has 0 bridgehead atoms. The normalized spacial score (nSPS) is 11.0. The van der Waals surface area contributed by atoms with Crippen LogP contribution in [-0.2, 0) is 17.8 Å². The van der Waals surface area contributed by atoms with Gasteiger partial charge < -0.3 is 10.1 Å². The van der Waals surface area contributed by atoms with Crippen LogP contribution in [0.1, 0.15) is 11.1 Å². The van der Waals surface area contributed by atoms with Crippen molar-refractivity contribution in [2.45, 2.75) is 19.3 Å². The third-order valence-corrected chi connectivity index (χ3v) is 3.19. The molecular formula is C16H13F3N2O4. The van der Waals surface area contributed by atoms with Gasteiger partial charge in [0, 0.05) is 24.2 Å². The summed E-state index contributed by atoms with van der Waals surface area (Å²) >= 11 is 0. The number of hydrogen-bond acceptors (Lipinski definition) is 4. The Hall–Kier alpha value is -3.10. The van der Waals surface area contributed by atoms with Gasteiger partial charge in [0.05, 0.1) is 11.3 Å². The molecule has 0 aliphatic heterocycles. The van der Waals surface area contributed by atoms with Crippen LogP contribution in [0.5, 0.6) is 5.75 Å². The lowest BCUT2D eigenvalue weighted by Gasteiger charge is -2.13. The molecule has 0 radical (unpaired) electrons. The molecule has 0 fully saturated rings. The van der Waals surface area contributed by atoms with E-state index in [1.807, 2.05) is 0 Å². The van der Waals surface area contributed by atoms with Crippen LogP contribution in [0.2, 0.25) is 0 Å². The van der Waals surface area contributed by atoms with Crippen molar-refractivity contribution >= 4 is 11.6 Å². The highest BCUT2D eigenvalue weighted by Gasteiger charge is 2.31. The molecule has 0 saturated heterocycles. The minimum absolute atomic E-state index is 0.0553. The number of nitrogens with zero attached hydrogens (tertiary/aromatic N) is 1. The third kappa shape index (κ3) is 5.79. The van der Waals surface area contributed by atoms with Crippen molar-refractivity contribution in [3.8, 4) is 5.75 Å². The lowest BCUT2D eigenvalue weighted by atomic mass is 10.1. The van der Waals surface area contributed by atoms with Crippen LogP contribution in [0.15, 0.2) is 48.5 Å². The molecule has 9 heteroatoms. The molecule has 2 aromatic carbocycles. The number of non-ortho nitro benzene ring substituents is 1. The maximum atomic E-state index is 12.3. The number of amides is 1. The Labute approximate surface area is 140 Å². The Bertz CT molecular complexity index is 761. The first kappa shape index (κ1) is 18.2. The van der Waals surface area contributed by atoms with Crippen LogP contribution >= 0.6 is 0 Å². The van der Waals surface area contributed by atoms with Crippen molar-refractivity contribution < 1.29 is 27.6 Å². The summed E-state index contributed by atoms with van der Waals surface area (Å²) in [5.41, 5.74) is 0.627. The lowest BCUT2D eigenvalue weighted by molar-refractivity contribution is -0.384. The highest BCUT2D eigenvalue weighted by Crippen LogP contribution is 2.26. The summed E-state index contributed by atoms with van der Waals surface area (Å²) in [6.45, 7) is -0.141. The molecule has 0 unspecified atom stereocenters. The fourth-order valence-electron chi connectivity index (χ4n) is 2.05. The number of benzene rings is 2. The van der Waals surface area contributed by atoms with E-state index in [1.165, 1.54) is 42.5 Å². The molecule has 1 N–H and O–H groups in total. The lowest BCUT2D eigenvalue weighted by Crippen LogP contribution is -2.25. The number of halogens is 3. The van der Waals surface area contributed by atoms with Crippen LogP contribution in [0.4, 0.5) is 18.9 Å². The second kappa shape index (κ2) is 7.65. The first-order chi connectivity index (χ1) is 11.7. The van der Waals surface area contributed by atoms with Crippen molar-refractivity contribution in [1.29, 1.82) is 0 Å². The monoisotopic (exact) mass is 354 g/mol. The van der Waals surface area contributed by atoms with Crippen LogP contribution in [0.25, 0.3) is 0 Å². The number of nitro groups is 1. The summed E-state index contributed by atoms with van der Waals surface area (Å²) in [5.74, 6) is -0.818. The molecule has 132 valence electrons. The van der Waals surface area contributed by atoms with Crippen molar-refractivity contribution in [3.05, 3.63) is 69.8 Å². The fraction of sp³-hybridized carbons (Fsp3) is 0.188. The molecule has 2 rings (SSSR count). The van der Waals surface area contributed by atoms with Gasteiger partial charge in [0.15, 0.2) is 0 Å².